The highest BCUT2D eigenvalue weighted by Gasteiger charge is 2.05. The highest BCUT2D eigenvalue weighted by Crippen LogP contribution is 2.19. The largest absolute Gasteiger partial charge is 0.482 e. The van der Waals surface area contributed by atoms with Crippen molar-refractivity contribution >= 4 is 11.6 Å². The molecular formula is C16H15N3O2. The number of ether oxygens (including phenoxy) is 1. The van der Waals surface area contributed by atoms with Crippen LogP contribution in [-0.2, 0) is 11.3 Å². The number of nitrogens with zero attached hydrogens (tertiary/aromatic N) is 1. The quantitative estimate of drug-likeness (QED) is 0.818. The summed E-state index contributed by atoms with van der Waals surface area (Å²) < 4.78 is 5.34. The van der Waals surface area contributed by atoms with Crippen molar-refractivity contribution in [1.29, 1.82) is 5.26 Å². The van der Waals surface area contributed by atoms with Gasteiger partial charge >= 0.3 is 0 Å². The summed E-state index contributed by atoms with van der Waals surface area (Å²) in [6.45, 7) is 0.244. The number of nitriles is 1. The fraction of sp³-hybridized carbons (Fsp3) is 0.125. The molecule has 0 aromatic heterocycles. The van der Waals surface area contributed by atoms with Crippen LogP contribution in [-0.4, -0.2) is 12.5 Å². The van der Waals surface area contributed by atoms with Gasteiger partial charge in [0.05, 0.1) is 17.3 Å². The van der Waals surface area contributed by atoms with Gasteiger partial charge in [-0.3, -0.25) is 4.79 Å². The zero-order chi connectivity index (χ0) is 15.1. The number of hydrogen-bond donors (Lipinski definition) is 2. The zero-order valence-corrected chi connectivity index (χ0v) is 11.4. The van der Waals surface area contributed by atoms with Crippen molar-refractivity contribution in [2.45, 2.75) is 6.54 Å². The van der Waals surface area contributed by atoms with E-state index in [1.54, 1.807) is 42.5 Å². The summed E-state index contributed by atoms with van der Waals surface area (Å²) in [6, 6.07) is 16.1. The molecule has 21 heavy (non-hydrogen) atoms. The number of amides is 1. The Balaban J connectivity index is 1.82. The van der Waals surface area contributed by atoms with E-state index in [0.29, 0.717) is 23.5 Å². The second-order valence-corrected chi connectivity index (χ2v) is 4.42. The van der Waals surface area contributed by atoms with Crippen molar-refractivity contribution in [3.05, 3.63) is 59.7 Å². The molecule has 106 valence electrons. The Morgan fingerprint density at radius 2 is 2.05 bits per heavy atom. The van der Waals surface area contributed by atoms with Crippen LogP contribution in [0, 0.1) is 11.3 Å². The molecule has 0 spiro atoms. The standard InChI is InChI=1S/C16H15N3O2/c17-9-12-4-3-5-13(8-12)10-19-16(20)11-21-15-7-2-1-6-14(15)18/h1-8H,10-11,18H2,(H,19,20). The molecule has 2 aromatic carbocycles. The molecular weight excluding hydrogens is 266 g/mol. The molecule has 0 heterocycles. The number of hydrogen-bond acceptors (Lipinski definition) is 4. The van der Waals surface area contributed by atoms with Gasteiger partial charge in [0.15, 0.2) is 6.61 Å². The third-order valence-corrected chi connectivity index (χ3v) is 2.82. The normalized spacial score (nSPS) is 9.67. The Morgan fingerprint density at radius 3 is 2.81 bits per heavy atom. The van der Waals surface area contributed by atoms with Crippen molar-refractivity contribution in [1.82, 2.24) is 5.32 Å². The molecule has 0 radical (unpaired) electrons. The maximum absolute atomic E-state index is 11.7. The minimum absolute atomic E-state index is 0.105. The molecule has 0 bridgehead atoms. The topological polar surface area (TPSA) is 88.1 Å². The Hall–Kier alpha value is -3.00. The summed E-state index contributed by atoms with van der Waals surface area (Å²) >= 11 is 0. The van der Waals surface area contributed by atoms with Gasteiger partial charge in [0.25, 0.3) is 5.91 Å². The predicted molar refractivity (Wildman–Crippen MR) is 79.4 cm³/mol. The monoisotopic (exact) mass is 281 g/mol. The second kappa shape index (κ2) is 6.96. The van der Waals surface area contributed by atoms with Crippen molar-refractivity contribution in [3.8, 4) is 11.8 Å². The van der Waals surface area contributed by atoms with Crippen LogP contribution in [0.5, 0.6) is 5.75 Å². The van der Waals surface area contributed by atoms with Crippen LogP contribution in [0.15, 0.2) is 48.5 Å². The lowest BCUT2D eigenvalue weighted by molar-refractivity contribution is -0.123. The van der Waals surface area contributed by atoms with Crippen LogP contribution in [0.1, 0.15) is 11.1 Å². The maximum Gasteiger partial charge on any atom is 0.258 e. The van der Waals surface area contributed by atoms with Crippen molar-refractivity contribution in [2.24, 2.45) is 0 Å². The predicted octanol–water partition coefficient (Wildman–Crippen LogP) is 1.84. The number of para-hydroxylation sites is 2. The van der Waals surface area contributed by atoms with E-state index in [1.807, 2.05) is 6.07 Å². The molecule has 0 saturated carbocycles. The fourth-order valence-corrected chi connectivity index (χ4v) is 1.76. The maximum atomic E-state index is 11.7. The van der Waals surface area contributed by atoms with Crippen molar-refractivity contribution in [3.63, 3.8) is 0 Å². The number of benzene rings is 2. The van der Waals surface area contributed by atoms with E-state index in [2.05, 4.69) is 11.4 Å². The number of carbonyl (C=O) groups excluding carboxylic acids is 1. The first kappa shape index (κ1) is 14.4. The van der Waals surface area contributed by atoms with Crippen LogP contribution in [0.2, 0.25) is 0 Å². The number of nitrogen functional groups attached to an aromatic ring is 1. The summed E-state index contributed by atoms with van der Waals surface area (Å²) in [5, 5.41) is 11.5. The molecule has 5 heteroatoms. The third-order valence-electron chi connectivity index (χ3n) is 2.82. The van der Waals surface area contributed by atoms with Crippen LogP contribution in [0.25, 0.3) is 0 Å². The van der Waals surface area contributed by atoms with Gasteiger partial charge in [0.2, 0.25) is 0 Å². The summed E-state index contributed by atoms with van der Waals surface area (Å²) in [4.78, 5) is 11.7. The van der Waals surface area contributed by atoms with Gasteiger partial charge in [-0.05, 0) is 29.8 Å². The average Bonchev–Trinajstić information content (AvgIpc) is 2.52. The minimum atomic E-state index is -0.249. The van der Waals surface area contributed by atoms with Crippen LogP contribution in [0.3, 0.4) is 0 Å². The average molecular weight is 281 g/mol. The molecule has 0 fully saturated rings. The molecule has 3 N–H and O–H groups in total. The molecule has 0 saturated heterocycles. The molecule has 5 nitrogen and oxygen atoms in total. The van der Waals surface area contributed by atoms with E-state index < -0.39 is 0 Å². The number of carbonyl (C=O) groups is 1. The van der Waals surface area contributed by atoms with Gasteiger partial charge in [0, 0.05) is 6.54 Å². The minimum Gasteiger partial charge on any atom is -0.482 e. The van der Waals surface area contributed by atoms with Crippen LogP contribution < -0.4 is 15.8 Å². The molecule has 2 rings (SSSR count). The highest BCUT2D eigenvalue weighted by atomic mass is 16.5. The molecule has 0 atom stereocenters. The highest BCUT2D eigenvalue weighted by molar-refractivity contribution is 5.77. The first-order valence-corrected chi connectivity index (χ1v) is 6.42. The van der Waals surface area contributed by atoms with Gasteiger partial charge < -0.3 is 15.8 Å². The van der Waals surface area contributed by atoms with Gasteiger partial charge in [0.1, 0.15) is 5.75 Å². The van der Waals surface area contributed by atoms with E-state index in [-0.39, 0.29) is 12.5 Å². The Bertz CT molecular complexity index is 677. The van der Waals surface area contributed by atoms with Gasteiger partial charge in [-0.25, -0.2) is 0 Å². The lowest BCUT2D eigenvalue weighted by Gasteiger charge is -2.09. The zero-order valence-electron chi connectivity index (χ0n) is 11.4. The number of anilines is 1. The molecule has 0 unspecified atom stereocenters. The van der Waals surface area contributed by atoms with Gasteiger partial charge in [-0.1, -0.05) is 24.3 Å². The molecule has 0 aliphatic carbocycles. The van der Waals surface area contributed by atoms with Crippen LogP contribution >= 0.6 is 0 Å². The number of nitrogens with two attached hydrogens (primary N) is 1. The first-order chi connectivity index (χ1) is 10.2. The van der Waals surface area contributed by atoms with E-state index in [9.17, 15) is 4.79 Å². The van der Waals surface area contributed by atoms with Crippen molar-refractivity contribution < 1.29 is 9.53 Å². The lowest BCUT2D eigenvalue weighted by atomic mass is 10.1. The second-order valence-electron chi connectivity index (χ2n) is 4.42. The van der Waals surface area contributed by atoms with Gasteiger partial charge in [-0.15, -0.1) is 0 Å². The fourth-order valence-electron chi connectivity index (χ4n) is 1.76. The number of nitrogens with one attached hydrogen (secondary N) is 1. The number of rotatable bonds is 5. The van der Waals surface area contributed by atoms with E-state index in [1.165, 1.54) is 0 Å². The molecule has 0 aliphatic rings. The van der Waals surface area contributed by atoms with Crippen LogP contribution in [0.4, 0.5) is 5.69 Å². The lowest BCUT2D eigenvalue weighted by Crippen LogP contribution is -2.28. The van der Waals surface area contributed by atoms with E-state index in [0.717, 1.165) is 5.56 Å². The summed E-state index contributed by atoms with van der Waals surface area (Å²) in [5.41, 5.74) is 7.64. The third kappa shape index (κ3) is 4.25. The Morgan fingerprint density at radius 1 is 1.24 bits per heavy atom. The molecule has 0 aliphatic heterocycles. The Labute approximate surface area is 123 Å². The van der Waals surface area contributed by atoms with Gasteiger partial charge in [-0.2, -0.15) is 5.26 Å². The summed E-state index contributed by atoms with van der Waals surface area (Å²) in [5.74, 6) is 0.236. The Kier molecular flexibility index (Phi) is 4.78. The first-order valence-electron chi connectivity index (χ1n) is 6.42. The summed E-state index contributed by atoms with van der Waals surface area (Å²) in [7, 11) is 0. The van der Waals surface area contributed by atoms with E-state index >= 15 is 0 Å². The smallest absolute Gasteiger partial charge is 0.258 e. The summed E-state index contributed by atoms with van der Waals surface area (Å²) in [6.07, 6.45) is 0. The van der Waals surface area contributed by atoms with E-state index in [4.69, 9.17) is 15.7 Å². The SMILES string of the molecule is N#Cc1cccc(CNC(=O)COc2ccccc2N)c1. The molecule has 1 amide bonds. The van der Waals surface area contributed by atoms with Crippen molar-refractivity contribution in [2.75, 3.05) is 12.3 Å². The molecule has 2 aromatic rings.